The van der Waals surface area contributed by atoms with Crippen molar-refractivity contribution in [3.63, 3.8) is 0 Å². The second kappa shape index (κ2) is 8.18. The lowest BCUT2D eigenvalue weighted by molar-refractivity contribution is 0.541. The summed E-state index contributed by atoms with van der Waals surface area (Å²) < 4.78 is 2.24. The molecule has 0 bridgehead atoms. The lowest BCUT2D eigenvalue weighted by atomic mass is 9.96. The Hall–Kier alpha value is -3.85. The summed E-state index contributed by atoms with van der Waals surface area (Å²) in [5.74, 6) is 0.809. The molecule has 9 nitrogen and oxygen atoms in total. The van der Waals surface area contributed by atoms with Crippen molar-refractivity contribution in [3.8, 4) is 0 Å². The van der Waals surface area contributed by atoms with Crippen molar-refractivity contribution >= 4 is 39.1 Å². The summed E-state index contributed by atoms with van der Waals surface area (Å²) in [6.07, 6.45) is 1.73. The van der Waals surface area contributed by atoms with Crippen molar-refractivity contribution in [1.82, 2.24) is 19.9 Å². The molecule has 0 aliphatic carbocycles. The van der Waals surface area contributed by atoms with Crippen molar-refractivity contribution in [3.05, 3.63) is 63.7 Å². The van der Waals surface area contributed by atoms with Gasteiger partial charge in [-0.2, -0.15) is 4.98 Å². The van der Waals surface area contributed by atoms with Gasteiger partial charge in [-0.1, -0.05) is 13.0 Å². The predicted molar refractivity (Wildman–Crippen MR) is 138 cm³/mol. The van der Waals surface area contributed by atoms with Crippen LogP contribution in [0.25, 0.3) is 21.8 Å². The van der Waals surface area contributed by atoms with E-state index in [0.29, 0.717) is 18.4 Å². The molecule has 34 heavy (non-hydrogen) atoms. The normalized spacial score (nSPS) is 16.5. The number of H-pyrrole nitrogens is 1. The number of aromatic amines is 1. The van der Waals surface area contributed by atoms with Gasteiger partial charge in [0.1, 0.15) is 11.7 Å². The SMILES string of the molecule is Cc1cc(C(C)CNC2N=C(N)c3ccc4c(ccn4C(C)C)c3N2)c2[nH]c(=O)nc(N)c2c1. The van der Waals surface area contributed by atoms with Crippen LogP contribution < -0.4 is 27.8 Å². The molecule has 2 unspecified atom stereocenters. The van der Waals surface area contributed by atoms with Crippen molar-refractivity contribution in [2.75, 3.05) is 17.6 Å². The number of nitrogens with two attached hydrogens (primary N) is 2. The first kappa shape index (κ1) is 22.0. The predicted octanol–water partition coefficient (Wildman–Crippen LogP) is 3.16. The molecule has 176 valence electrons. The maximum atomic E-state index is 12.0. The summed E-state index contributed by atoms with van der Waals surface area (Å²) in [6.45, 7) is 9.04. The number of nitrogens with zero attached hydrogens (tertiary/aromatic N) is 3. The quantitative estimate of drug-likeness (QED) is 0.311. The van der Waals surface area contributed by atoms with Gasteiger partial charge in [-0.25, -0.2) is 9.79 Å². The molecule has 7 N–H and O–H groups in total. The number of nitrogen functional groups attached to an aromatic ring is 1. The average molecular weight is 459 g/mol. The minimum atomic E-state index is -0.449. The zero-order valence-corrected chi connectivity index (χ0v) is 19.8. The van der Waals surface area contributed by atoms with E-state index < -0.39 is 5.69 Å². The number of aromatic nitrogens is 3. The Morgan fingerprint density at radius 2 is 1.94 bits per heavy atom. The third kappa shape index (κ3) is 3.67. The van der Waals surface area contributed by atoms with Crippen LogP contribution in [-0.4, -0.2) is 33.2 Å². The fourth-order valence-corrected chi connectivity index (χ4v) is 4.78. The highest BCUT2D eigenvalue weighted by atomic mass is 16.1. The molecule has 3 heterocycles. The van der Waals surface area contributed by atoms with E-state index in [1.54, 1.807) is 0 Å². The van der Waals surface area contributed by atoms with Crippen LogP contribution in [0.3, 0.4) is 0 Å². The first-order chi connectivity index (χ1) is 16.2. The minimum Gasteiger partial charge on any atom is -0.383 e. The number of amidine groups is 1. The fourth-order valence-electron chi connectivity index (χ4n) is 4.78. The first-order valence-corrected chi connectivity index (χ1v) is 11.5. The smallest absolute Gasteiger partial charge is 0.347 e. The molecular weight excluding hydrogens is 428 g/mol. The van der Waals surface area contributed by atoms with Gasteiger partial charge in [0.2, 0.25) is 0 Å². The Bertz CT molecular complexity index is 1500. The van der Waals surface area contributed by atoms with E-state index in [-0.39, 0.29) is 18.0 Å². The molecule has 0 saturated carbocycles. The van der Waals surface area contributed by atoms with Gasteiger partial charge < -0.3 is 26.3 Å². The molecule has 1 aliphatic rings. The van der Waals surface area contributed by atoms with Crippen LogP contribution >= 0.6 is 0 Å². The highest BCUT2D eigenvalue weighted by Gasteiger charge is 2.23. The molecular formula is C25H30N8O. The second-order valence-corrected chi connectivity index (χ2v) is 9.31. The van der Waals surface area contributed by atoms with Crippen molar-refractivity contribution in [1.29, 1.82) is 0 Å². The van der Waals surface area contributed by atoms with E-state index in [2.05, 4.69) is 75.3 Å². The summed E-state index contributed by atoms with van der Waals surface area (Å²) in [6, 6.07) is 10.6. The minimum absolute atomic E-state index is 0.0669. The maximum absolute atomic E-state index is 12.0. The van der Waals surface area contributed by atoms with E-state index in [9.17, 15) is 4.79 Å². The van der Waals surface area contributed by atoms with Crippen molar-refractivity contribution in [2.24, 2.45) is 10.7 Å². The van der Waals surface area contributed by atoms with Crippen LogP contribution in [0.1, 0.15) is 49.4 Å². The second-order valence-electron chi connectivity index (χ2n) is 9.31. The van der Waals surface area contributed by atoms with Crippen LogP contribution in [0.15, 0.2) is 46.3 Å². The van der Waals surface area contributed by atoms with E-state index in [1.807, 2.05) is 19.1 Å². The molecule has 1 aliphatic heterocycles. The number of hydrogen-bond acceptors (Lipinski definition) is 7. The van der Waals surface area contributed by atoms with Gasteiger partial charge in [0, 0.05) is 35.1 Å². The number of rotatable bonds is 5. The number of hydrogen-bond donors (Lipinski definition) is 5. The number of fused-ring (bicyclic) bond motifs is 4. The number of aryl methyl sites for hydroxylation is 1. The third-order valence-electron chi connectivity index (χ3n) is 6.48. The molecule has 0 radical (unpaired) electrons. The Kier molecular flexibility index (Phi) is 5.28. The molecule has 2 atom stereocenters. The van der Waals surface area contributed by atoms with Crippen molar-refractivity contribution in [2.45, 2.75) is 45.9 Å². The van der Waals surface area contributed by atoms with Crippen LogP contribution in [0.2, 0.25) is 0 Å². The topological polar surface area (TPSA) is 139 Å². The molecule has 5 rings (SSSR count). The zero-order valence-electron chi connectivity index (χ0n) is 19.8. The van der Waals surface area contributed by atoms with Gasteiger partial charge in [-0.05, 0) is 62.1 Å². The maximum Gasteiger partial charge on any atom is 0.347 e. The van der Waals surface area contributed by atoms with Gasteiger partial charge in [0.25, 0.3) is 0 Å². The number of aliphatic imine (C=N–C) groups is 1. The van der Waals surface area contributed by atoms with E-state index in [4.69, 9.17) is 11.5 Å². The van der Waals surface area contributed by atoms with Crippen LogP contribution in [0.4, 0.5) is 11.5 Å². The summed E-state index contributed by atoms with van der Waals surface area (Å²) in [5, 5.41) is 8.87. The Morgan fingerprint density at radius 1 is 1.15 bits per heavy atom. The largest absolute Gasteiger partial charge is 0.383 e. The summed E-state index contributed by atoms with van der Waals surface area (Å²) in [4.78, 5) is 23.3. The highest BCUT2D eigenvalue weighted by Crippen LogP contribution is 2.33. The molecule has 2 aromatic heterocycles. The van der Waals surface area contributed by atoms with Gasteiger partial charge in [-0.15, -0.1) is 0 Å². The fraction of sp³-hybridized carbons (Fsp3) is 0.320. The summed E-state index contributed by atoms with van der Waals surface area (Å²) in [7, 11) is 0. The molecule has 0 fully saturated rings. The van der Waals surface area contributed by atoms with E-state index >= 15 is 0 Å². The zero-order chi connectivity index (χ0) is 24.1. The average Bonchev–Trinajstić information content (AvgIpc) is 3.22. The summed E-state index contributed by atoms with van der Waals surface area (Å²) >= 11 is 0. The Morgan fingerprint density at radius 3 is 2.71 bits per heavy atom. The van der Waals surface area contributed by atoms with E-state index in [1.165, 1.54) is 0 Å². The standard InChI is InChI=1S/C25H30N8O/c1-12(2)33-8-7-15-19(33)6-5-16-20(15)29-24(31-22(16)26)28-11-14(4)17-9-13(3)10-18-21(17)30-25(34)32-23(18)27/h5-10,12,14,24,28-29H,11H2,1-4H3,(H2,26,31)(H3,27,30,32,34). The molecule has 0 amide bonds. The van der Waals surface area contributed by atoms with Crippen LogP contribution in [0, 0.1) is 6.92 Å². The van der Waals surface area contributed by atoms with Gasteiger partial charge in [0.05, 0.1) is 16.7 Å². The van der Waals surface area contributed by atoms with Gasteiger partial charge >= 0.3 is 5.69 Å². The lowest BCUT2D eigenvalue weighted by Crippen LogP contribution is -2.41. The van der Waals surface area contributed by atoms with Crippen LogP contribution in [-0.2, 0) is 0 Å². The monoisotopic (exact) mass is 458 g/mol. The van der Waals surface area contributed by atoms with Gasteiger partial charge in [0.15, 0.2) is 6.29 Å². The van der Waals surface area contributed by atoms with E-state index in [0.717, 1.165) is 44.2 Å². The number of nitrogens with one attached hydrogen (secondary N) is 3. The lowest BCUT2D eigenvalue weighted by Gasteiger charge is -2.27. The molecule has 0 spiro atoms. The number of anilines is 2. The Balaban J connectivity index is 1.42. The molecule has 2 aromatic carbocycles. The molecule has 0 saturated heterocycles. The first-order valence-electron chi connectivity index (χ1n) is 11.5. The highest BCUT2D eigenvalue weighted by molar-refractivity contribution is 6.11. The Labute approximate surface area is 197 Å². The van der Waals surface area contributed by atoms with Gasteiger partial charge in [-0.3, -0.25) is 5.32 Å². The third-order valence-corrected chi connectivity index (χ3v) is 6.48. The van der Waals surface area contributed by atoms with Crippen LogP contribution in [0.5, 0.6) is 0 Å². The molecule has 9 heteroatoms. The molecule has 4 aromatic rings. The number of benzene rings is 2. The summed E-state index contributed by atoms with van der Waals surface area (Å²) in [5.41, 5.74) is 17.7. The van der Waals surface area contributed by atoms with Crippen molar-refractivity contribution < 1.29 is 0 Å².